The summed E-state index contributed by atoms with van der Waals surface area (Å²) in [5.41, 5.74) is 0.818. The first-order valence-corrected chi connectivity index (χ1v) is 8.38. The van der Waals surface area contributed by atoms with Crippen LogP contribution in [0.15, 0.2) is 29.1 Å². The van der Waals surface area contributed by atoms with Crippen molar-refractivity contribution in [1.82, 2.24) is 14.9 Å². The molecule has 1 aromatic carbocycles. The van der Waals surface area contributed by atoms with Gasteiger partial charge in [-0.1, -0.05) is 45.2 Å². The Hall–Kier alpha value is -1.68. The lowest BCUT2D eigenvalue weighted by molar-refractivity contribution is 0.462. The van der Waals surface area contributed by atoms with Crippen LogP contribution in [0, 0.1) is 0 Å². The molecule has 0 amide bonds. The monoisotopic (exact) mass is 301 g/mol. The van der Waals surface area contributed by atoms with Crippen molar-refractivity contribution in [3.05, 3.63) is 40.4 Å². The van der Waals surface area contributed by atoms with E-state index in [9.17, 15) is 4.79 Å². The zero-order valence-electron chi connectivity index (χ0n) is 13.9. The molecule has 120 valence electrons. The molecule has 1 aromatic heterocycles. The number of nitrogens with zero attached hydrogens (tertiary/aromatic N) is 2. The second-order valence-electron chi connectivity index (χ2n) is 5.83. The van der Waals surface area contributed by atoms with Crippen molar-refractivity contribution in [3.63, 3.8) is 0 Å². The van der Waals surface area contributed by atoms with E-state index < -0.39 is 0 Å². The fraction of sp³-hybridized carbons (Fsp3) is 0.556. The Balaban J connectivity index is 2.20. The van der Waals surface area contributed by atoms with Gasteiger partial charge >= 0.3 is 0 Å². The number of fused-ring (bicyclic) bond motifs is 1. The summed E-state index contributed by atoms with van der Waals surface area (Å²) in [7, 11) is 1.82. The first-order chi connectivity index (χ1) is 10.7. The summed E-state index contributed by atoms with van der Waals surface area (Å²) in [6.45, 7) is 5.32. The molecule has 0 radical (unpaired) electrons. The fourth-order valence-electron chi connectivity index (χ4n) is 2.79. The van der Waals surface area contributed by atoms with Crippen LogP contribution in [0.5, 0.6) is 0 Å². The summed E-state index contributed by atoms with van der Waals surface area (Å²) in [5, 5.41) is 4.24. The zero-order valence-corrected chi connectivity index (χ0v) is 13.9. The maximum atomic E-state index is 12.5. The Kier molecular flexibility index (Phi) is 6.13. The Morgan fingerprint density at radius 3 is 2.68 bits per heavy atom. The van der Waals surface area contributed by atoms with Gasteiger partial charge in [-0.3, -0.25) is 9.36 Å². The third-order valence-corrected chi connectivity index (χ3v) is 4.16. The molecule has 1 N–H and O–H groups in total. The molecule has 0 bridgehead atoms. The van der Waals surface area contributed by atoms with Gasteiger partial charge in [0.2, 0.25) is 0 Å². The summed E-state index contributed by atoms with van der Waals surface area (Å²) in [6, 6.07) is 7.69. The van der Waals surface area contributed by atoms with Crippen LogP contribution in [-0.4, -0.2) is 16.1 Å². The van der Waals surface area contributed by atoms with Crippen LogP contribution >= 0.6 is 0 Å². The SMILES string of the molecule is CCCCCCN[C@@H](CC)c1nc2ccccc2c(=O)n1C. The number of nitrogens with one attached hydrogen (secondary N) is 1. The topological polar surface area (TPSA) is 46.9 Å². The Bertz CT molecular complexity index is 663. The molecule has 2 rings (SSSR count). The van der Waals surface area contributed by atoms with Crippen LogP contribution < -0.4 is 10.9 Å². The van der Waals surface area contributed by atoms with E-state index >= 15 is 0 Å². The number of hydrogen-bond donors (Lipinski definition) is 1. The molecular weight excluding hydrogens is 274 g/mol. The first kappa shape index (κ1) is 16.7. The van der Waals surface area contributed by atoms with E-state index in [1.54, 1.807) is 4.57 Å². The van der Waals surface area contributed by atoms with Crippen LogP contribution in [-0.2, 0) is 7.05 Å². The van der Waals surface area contributed by atoms with E-state index in [0.29, 0.717) is 5.39 Å². The normalized spacial score (nSPS) is 12.7. The molecule has 0 spiro atoms. The van der Waals surface area contributed by atoms with Gasteiger partial charge in [0.15, 0.2) is 0 Å². The highest BCUT2D eigenvalue weighted by molar-refractivity contribution is 5.77. The van der Waals surface area contributed by atoms with Gasteiger partial charge in [0.25, 0.3) is 5.56 Å². The molecule has 0 unspecified atom stereocenters. The Morgan fingerprint density at radius 1 is 1.18 bits per heavy atom. The largest absolute Gasteiger partial charge is 0.307 e. The number of benzene rings is 1. The third-order valence-electron chi connectivity index (χ3n) is 4.16. The molecule has 0 aliphatic carbocycles. The van der Waals surface area contributed by atoms with Crippen molar-refractivity contribution in [1.29, 1.82) is 0 Å². The smallest absolute Gasteiger partial charge is 0.261 e. The minimum Gasteiger partial charge on any atom is -0.307 e. The predicted octanol–water partition coefficient (Wildman–Crippen LogP) is 3.55. The summed E-state index contributed by atoms with van der Waals surface area (Å²) < 4.78 is 1.69. The molecular formula is C18H27N3O. The van der Waals surface area contributed by atoms with E-state index in [2.05, 4.69) is 19.2 Å². The van der Waals surface area contributed by atoms with Crippen molar-refractivity contribution in [2.75, 3.05) is 6.54 Å². The third kappa shape index (κ3) is 3.74. The van der Waals surface area contributed by atoms with Gasteiger partial charge < -0.3 is 5.32 Å². The standard InChI is InChI=1S/C18H27N3O/c1-4-6-7-10-13-19-15(5-2)17-20-16-12-9-8-11-14(16)18(22)21(17)3/h8-9,11-12,15,19H,4-7,10,13H2,1-3H3/t15-/m0/s1. The van der Waals surface area contributed by atoms with E-state index in [-0.39, 0.29) is 11.6 Å². The van der Waals surface area contributed by atoms with Crippen molar-refractivity contribution in [2.45, 2.75) is 52.0 Å². The maximum Gasteiger partial charge on any atom is 0.261 e. The molecule has 0 saturated heterocycles. The molecule has 1 atom stereocenters. The molecule has 0 saturated carbocycles. The van der Waals surface area contributed by atoms with Crippen LogP contribution in [0.1, 0.15) is 57.8 Å². The van der Waals surface area contributed by atoms with Crippen molar-refractivity contribution >= 4 is 10.9 Å². The molecule has 0 fully saturated rings. The van der Waals surface area contributed by atoms with Crippen molar-refractivity contribution < 1.29 is 0 Å². The summed E-state index contributed by atoms with van der Waals surface area (Å²) in [6.07, 6.45) is 5.88. The minimum absolute atomic E-state index is 0.0341. The van der Waals surface area contributed by atoms with Gasteiger partial charge in [-0.2, -0.15) is 0 Å². The lowest BCUT2D eigenvalue weighted by Crippen LogP contribution is -2.31. The molecule has 0 aliphatic rings. The van der Waals surface area contributed by atoms with E-state index in [0.717, 1.165) is 24.3 Å². The fourth-order valence-corrected chi connectivity index (χ4v) is 2.79. The lowest BCUT2D eigenvalue weighted by atomic mass is 10.1. The molecule has 0 aliphatic heterocycles. The summed E-state index contributed by atoms with van der Waals surface area (Å²) >= 11 is 0. The highest BCUT2D eigenvalue weighted by Gasteiger charge is 2.16. The molecule has 1 heterocycles. The Morgan fingerprint density at radius 2 is 1.95 bits per heavy atom. The highest BCUT2D eigenvalue weighted by Crippen LogP contribution is 2.16. The van der Waals surface area contributed by atoms with Crippen LogP contribution in [0.2, 0.25) is 0 Å². The maximum absolute atomic E-state index is 12.5. The number of unbranched alkanes of at least 4 members (excludes halogenated alkanes) is 3. The van der Waals surface area contributed by atoms with Gasteiger partial charge in [-0.25, -0.2) is 4.98 Å². The predicted molar refractivity (Wildman–Crippen MR) is 92.2 cm³/mol. The van der Waals surface area contributed by atoms with Crippen molar-refractivity contribution in [2.24, 2.45) is 7.05 Å². The van der Waals surface area contributed by atoms with Crippen molar-refractivity contribution in [3.8, 4) is 0 Å². The Labute approximate surface area is 132 Å². The van der Waals surface area contributed by atoms with Gasteiger partial charge in [0, 0.05) is 7.05 Å². The number of para-hydroxylation sites is 1. The zero-order chi connectivity index (χ0) is 15.9. The number of hydrogen-bond acceptors (Lipinski definition) is 3. The summed E-state index contributed by atoms with van der Waals surface area (Å²) in [4.78, 5) is 17.2. The second kappa shape index (κ2) is 8.08. The average molecular weight is 301 g/mol. The van der Waals surface area contributed by atoms with Crippen LogP contribution in [0.4, 0.5) is 0 Å². The number of rotatable bonds is 8. The lowest BCUT2D eigenvalue weighted by Gasteiger charge is -2.19. The second-order valence-corrected chi connectivity index (χ2v) is 5.83. The quantitative estimate of drug-likeness (QED) is 0.758. The molecule has 4 nitrogen and oxygen atoms in total. The van der Waals surface area contributed by atoms with Gasteiger partial charge in [-0.15, -0.1) is 0 Å². The molecule has 2 aromatic rings. The van der Waals surface area contributed by atoms with E-state index in [1.165, 1.54) is 25.7 Å². The first-order valence-electron chi connectivity index (χ1n) is 8.38. The van der Waals surface area contributed by atoms with Gasteiger partial charge in [-0.05, 0) is 31.5 Å². The molecule has 22 heavy (non-hydrogen) atoms. The van der Waals surface area contributed by atoms with E-state index in [1.807, 2.05) is 31.3 Å². The van der Waals surface area contributed by atoms with E-state index in [4.69, 9.17) is 4.98 Å². The molecule has 4 heteroatoms. The minimum atomic E-state index is 0.0341. The average Bonchev–Trinajstić information content (AvgIpc) is 2.55. The van der Waals surface area contributed by atoms with Crippen LogP contribution in [0.25, 0.3) is 10.9 Å². The van der Waals surface area contributed by atoms with Crippen LogP contribution in [0.3, 0.4) is 0 Å². The highest BCUT2D eigenvalue weighted by atomic mass is 16.1. The van der Waals surface area contributed by atoms with Gasteiger partial charge in [0.1, 0.15) is 5.82 Å². The number of aromatic nitrogens is 2. The van der Waals surface area contributed by atoms with Gasteiger partial charge in [0.05, 0.1) is 16.9 Å². The summed E-state index contributed by atoms with van der Waals surface area (Å²) in [5.74, 6) is 0.835.